The van der Waals surface area contributed by atoms with Crippen LogP contribution in [0.3, 0.4) is 0 Å². The molecule has 0 N–H and O–H groups in total. The first kappa shape index (κ1) is 51.8. The van der Waals surface area contributed by atoms with Gasteiger partial charge < -0.3 is 23.8 Å². The molecule has 0 fully saturated rings. The molecular weight excluding hydrogens is 1110 g/mol. The van der Waals surface area contributed by atoms with Crippen LogP contribution in [0, 0.1) is 0 Å². The number of nitrogens with zero attached hydrogens (tertiary/aromatic N) is 5. The molecule has 5 heteroatoms. The Morgan fingerprint density at radius 2 is 0.576 bits per heavy atom. The van der Waals surface area contributed by atoms with Crippen LogP contribution in [0.5, 0.6) is 0 Å². The molecule has 430 valence electrons. The monoisotopic (exact) mass is 1170 g/mol. The second-order valence-corrected chi connectivity index (χ2v) is 24.4. The van der Waals surface area contributed by atoms with Gasteiger partial charge in [0.25, 0.3) is 0 Å². The third-order valence-corrected chi connectivity index (χ3v) is 19.6. The van der Waals surface area contributed by atoms with Gasteiger partial charge in [-0.05, 0) is 201 Å². The van der Waals surface area contributed by atoms with E-state index in [9.17, 15) is 0 Å². The predicted octanol–water partition coefficient (Wildman–Crippen LogP) is 23.3. The molecule has 1 spiro atoms. The fourth-order valence-electron chi connectivity index (χ4n) is 15.9. The fraction of sp³-hybridized carbons (Fsp3) is 0.0115. The molecule has 19 rings (SSSR count). The van der Waals surface area contributed by atoms with Crippen LogP contribution in [-0.2, 0) is 5.41 Å². The van der Waals surface area contributed by atoms with E-state index in [1.165, 1.54) is 87.5 Å². The molecular formula is C87H57N5. The van der Waals surface area contributed by atoms with Gasteiger partial charge in [-0.3, -0.25) is 0 Å². The van der Waals surface area contributed by atoms with E-state index in [4.69, 9.17) is 0 Å². The van der Waals surface area contributed by atoms with E-state index in [2.05, 4.69) is 370 Å². The quantitative estimate of drug-likeness (QED) is 0.144. The Morgan fingerprint density at radius 3 is 1.02 bits per heavy atom. The molecule has 2 aliphatic rings. The van der Waals surface area contributed by atoms with E-state index < -0.39 is 5.41 Å². The van der Waals surface area contributed by atoms with E-state index in [0.29, 0.717) is 0 Å². The van der Waals surface area contributed by atoms with Crippen LogP contribution >= 0.6 is 0 Å². The summed E-state index contributed by atoms with van der Waals surface area (Å²) in [4.78, 5) is 7.42. The summed E-state index contributed by atoms with van der Waals surface area (Å²) in [5.74, 6) is 0. The van der Waals surface area contributed by atoms with E-state index in [1.807, 2.05) is 0 Å². The molecule has 15 aromatic carbocycles. The summed E-state index contributed by atoms with van der Waals surface area (Å²) in [6.45, 7) is 0. The van der Waals surface area contributed by atoms with Crippen LogP contribution < -0.4 is 14.7 Å². The molecule has 1 aliphatic heterocycles. The van der Waals surface area contributed by atoms with Crippen LogP contribution in [0.1, 0.15) is 22.3 Å². The van der Waals surface area contributed by atoms with Gasteiger partial charge in [0.2, 0.25) is 0 Å². The molecule has 0 saturated carbocycles. The number of fused-ring (bicyclic) bond motifs is 19. The lowest BCUT2D eigenvalue weighted by Gasteiger charge is -2.45. The molecule has 2 aromatic heterocycles. The number of hydrogen-bond acceptors (Lipinski definition) is 3. The van der Waals surface area contributed by atoms with Crippen LogP contribution in [0.2, 0.25) is 0 Å². The van der Waals surface area contributed by atoms with Crippen molar-refractivity contribution in [2.24, 2.45) is 0 Å². The van der Waals surface area contributed by atoms with Crippen molar-refractivity contribution in [3.8, 4) is 22.5 Å². The van der Waals surface area contributed by atoms with Crippen molar-refractivity contribution < 1.29 is 0 Å². The standard InChI is InChI=1S/C87H57N5/c1-6-26-60(27-7-1)88(65-46-52-79-73(54-65)85-69-36-18-16-24-58(69)42-50-83(85)90(79)62-30-10-3-11-31-62)67-44-48-71-72-49-45-68(57-78(72)87(77(71)56-67)75-38-20-22-40-81(75)92(64-34-14-5-15-35-64)82-41-23-21-39-76(82)87)89(61-28-8-2-9-29-61)66-47-53-80-74(55-66)86-70-37-19-17-25-59(70)43-51-84(86)91(80)63-32-12-4-13-33-63/h1-57H. The Kier molecular flexibility index (Phi) is 11.5. The fourth-order valence-corrected chi connectivity index (χ4v) is 15.9. The molecule has 0 radical (unpaired) electrons. The largest absolute Gasteiger partial charge is 0.310 e. The summed E-state index contributed by atoms with van der Waals surface area (Å²) < 4.78 is 4.86. The maximum absolute atomic E-state index is 2.52. The zero-order valence-electron chi connectivity index (χ0n) is 50.1. The smallest absolute Gasteiger partial charge is 0.0755 e. The molecule has 3 heterocycles. The maximum atomic E-state index is 2.52. The predicted molar refractivity (Wildman–Crippen MR) is 385 cm³/mol. The van der Waals surface area contributed by atoms with Crippen molar-refractivity contribution in [1.29, 1.82) is 0 Å². The molecule has 0 saturated heterocycles. The van der Waals surface area contributed by atoms with Crippen molar-refractivity contribution >= 4 is 116 Å². The van der Waals surface area contributed by atoms with E-state index in [0.717, 1.165) is 73.6 Å². The molecule has 0 amide bonds. The molecule has 92 heavy (non-hydrogen) atoms. The highest BCUT2D eigenvalue weighted by Crippen LogP contribution is 2.65. The zero-order valence-corrected chi connectivity index (χ0v) is 50.1. The first-order valence-corrected chi connectivity index (χ1v) is 31.7. The normalized spacial score (nSPS) is 12.8. The number of anilines is 9. The minimum absolute atomic E-state index is 0.794. The number of rotatable bonds is 9. The van der Waals surface area contributed by atoms with Crippen LogP contribution in [-0.4, -0.2) is 9.13 Å². The summed E-state index contributed by atoms with van der Waals surface area (Å²) in [5.41, 5.74) is 23.3. The van der Waals surface area contributed by atoms with Crippen LogP contribution in [0.25, 0.3) is 87.7 Å². The van der Waals surface area contributed by atoms with Gasteiger partial charge in [-0.25, -0.2) is 0 Å². The lowest BCUT2D eigenvalue weighted by Crippen LogP contribution is -2.36. The SMILES string of the molecule is c1ccc(N(c2ccc3c(c2)C2(c4cc(N(c5ccccc5)c5ccc6c(c5)c5c7ccccc7ccc5n6-c5ccccc5)ccc4-3)c3ccccc3N(c3ccccc3)c3ccccc32)c2ccc3c(c2)c2c4ccccc4ccc2n3-c2ccccc2)cc1. The van der Waals surface area contributed by atoms with Gasteiger partial charge in [-0.15, -0.1) is 0 Å². The first-order valence-electron chi connectivity index (χ1n) is 31.7. The maximum Gasteiger partial charge on any atom is 0.0755 e. The average Bonchev–Trinajstić information content (AvgIpc) is 1.44. The molecule has 0 atom stereocenters. The third kappa shape index (κ3) is 7.60. The van der Waals surface area contributed by atoms with Gasteiger partial charge in [0.1, 0.15) is 0 Å². The van der Waals surface area contributed by atoms with Gasteiger partial charge in [0.15, 0.2) is 0 Å². The van der Waals surface area contributed by atoms with Crippen molar-refractivity contribution in [1.82, 2.24) is 9.13 Å². The van der Waals surface area contributed by atoms with Gasteiger partial charge in [-0.1, -0.05) is 200 Å². The summed E-state index contributed by atoms with van der Waals surface area (Å²) in [6, 6.07) is 128. The minimum atomic E-state index is -0.794. The molecule has 1 aliphatic carbocycles. The van der Waals surface area contributed by atoms with E-state index in [1.54, 1.807) is 0 Å². The topological polar surface area (TPSA) is 19.6 Å². The Morgan fingerprint density at radius 1 is 0.228 bits per heavy atom. The highest BCUT2D eigenvalue weighted by atomic mass is 15.2. The average molecular weight is 1170 g/mol. The Bertz CT molecular complexity index is 5440. The second kappa shape index (κ2) is 20.4. The summed E-state index contributed by atoms with van der Waals surface area (Å²) in [7, 11) is 0. The summed E-state index contributed by atoms with van der Waals surface area (Å²) in [5, 5.41) is 9.79. The van der Waals surface area contributed by atoms with Crippen molar-refractivity contribution in [3.63, 3.8) is 0 Å². The van der Waals surface area contributed by atoms with E-state index in [-0.39, 0.29) is 0 Å². The van der Waals surface area contributed by atoms with Gasteiger partial charge in [0.05, 0.1) is 38.9 Å². The van der Waals surface area contributed by atoms with Crippen molar-refractivity contribution in [3.05, 3.63) is 368 Å². The highest BCUT2D eigenvalue weighted by Gasteiger charge is 2.52. The van der Waals surface area contributed by atoms with Crippen LogP contribution in [0.15, 0.2) is 346 Å². The number of para-hydroxylation sites is 7. The number of aromatic nitrogens is 2. The van der Waals surface area contributed by atoms with Gasteiger partial charge in [-0.2, -0.15) is 0 Å². The summed E-state index contributed by atoms with van der Waals surface area (Å²) >= 11 is 0. The third-order valence-electron chi connectivity index (χ3n) is 19.6. The molecule has 0 unspecified atom stereocenters. The Hall–Kier alpha value is -12.2. The lowest BCUT2D eigenvalue weighted by molar-refractivity contribution is 0.752. The molecule has 0 bridgehead atoms. The highest BCUT2D eigenvalue weighted by molar-refractivity contribution is 6.23. The summed E-state index contributed by atoms with van der Waals surface area (Å²) in [6.07, 6.45) is 0. The zero-order chi connectivity index (χ0) is 60.4. The second-order valence-electron chi connectivity index (χ2n) is 24.4. The Labute approximate surface area is 533 Å². The molecule has 5 nitrogen and oxygen atoms in total. The van der Waals surface area contributed by atoms with Crippen molar-refractivity contribution in [2.45, 2.75) is 5.41 Å². The lowest BCUT2D eigenvalue weighted by atomic mass is 9.64. The Balaban J connectivity index is 0.862. The number of benzene rings is 15. The van der Waals surface area contributed by atoms with Gasteiger partial charge in [0, 0.05) is 72.7 Å². The molecule has 17 aromatic rings. The van der Waals surface area contributed by atoms with Gasteiger partial charge >= 0.3 is 0 Å². The number of hydrogen-bond donors (Lipinski definition) is 0. The first-order chi connectivity index (χ1) is 45.7. The van der Waals surface area contributed by atoms with Crippen molar-refractivity contribution in [2.75, 3.05) is 14.7 Å². The van der Waals surface area contributed by atoms with Crippen LogP contribution in [0.4, 0.5) is 51.2 Å². The minimum Gasteiger partial charge on any atom is -0.310 e. The van der Waals surface area contributed by atoms with E-state index >= 15 is 0 Å².